The van der Waals surface area contributed by atoms with Crippen LogP contribution < -0.4 is 5.73 Å². The third-order valence-electron chi connectivity index (χ3n) is 3.08. The van der Waals surface area contributed by atoms with Crippen LogP contribution in [0.5, 0.6) is 0 Å². The minimum atomic E-state index is 0.0289. The maximum atomic E-state index is 5.89. The van der Waals surface area contributed by atoms with Crippen molar-refractivity contribution in [3.63, 3.8) is 0 Å². The smallest absolute Gasteiger partial charge is 0.0948 e. The molecular formula is C13H21N5. The molecule has 18 heavy (non-hydrogen) atoms. The molecule has 2 rings (SSSR count). The molecule has 0 fully saturated rings. The highest BCUT2D eigenvalue weighted by molar-refractivity contribution is 5.06. The topological polar surface area (TPSA) is 61.7 Å². The molecule has 1 atom stereocenters. The van der Waals surface area contributed by atoms with E-state index in [0.717, 1.165) is 30.9 Å². The molecule has 0 saturated carbocycles. The van der Waals surface area contributed by atoms with Crippen molar-refractivity contribution in [2.75, 3.05) is 0 Å². The van der Waals surface area contributed by atoms with E-state index in [1.165, 1.54) is 5.69 Å². The fraction of sp³-hybridized carbons (Fsp3) is 0.538. The van der Waals surface area contributed by atoms with Crippen molar-refractivity contribution in [1.29, 1.82) is 0 Å². The van der Waals surface area contributed by atoms with E-state index in [1.807, 2.05) is 26.4 Å². The van der Waals surface area contributed by atoms with Crippen LogP contribution in [0.2, 0.25) is 0 Å². The monoisotopic (exact) mass is 247 g/mol. The van der Waals surface area contributed by atoms with Crippen molar-refractivity contribution in [2.24, 2.45) is 5.73 Å². The zero-order valence-corrected chi connectivity index (χ0v) is 11.3. The van der Waals surface area contributed by atoms with Gasteiger partial charge in [-0.1, -0.05) is 0 Å². The number of aryl methyl sites for hydroxylation is 4. The molecule has 2 heterocycles. The molecule has 0 bridgehead atoms. The summed E-state index contributed by atoms with van der Waals surface area (Å²) in [5.74, 6) is 0. The summed E-state index contributed by atoms with van der Waals surface area (Å²) >= 11 is 0. The van der Waals surface area contributed by atoms with Gasteiger partial charge in [-0.05, 0) is 33.3 Å². The van der Waals surface area contributed by atoms with Crippen molar-refractivity contribution < 1.29 is 0 Å². The van der Waals surface area contributed by atoms with Crippen molar-refractivity contribution in [3.8, 4) is 0 Å². The molecule has 98 valence electrons. The number of nitrogens with zero attached hydrogens (tertiary/aromatic N) is 4. The predicted molar refractivity (Wildman–Crippen MR) is 71.1 cm³/mol. The lowest BCUT2D eigenvalue weighted by Gasteiger charge is -2.11. The van der Waals surface area contributed by atoms with Gasteiger partial charge in [0.1, 0.15) is 0 Å². The Morgan fingerprint density at radius 2 is 2.11 bits per heavy atom. The first-order valence-electron chi connectivity index (χ1n) is 6.34. The van der Waals surface area contributed by atoms with Gasteiger partial charge in [0.25, 0.3) is 0 Å². The largest absolute Gasteiger partial charge is 0.333 e. The highest BCUT2D eigenvalue weighted by atomic mass is 15.3. The van der Waals surface area contributed by atoms with Crippen LogP contribution in [0.15, 0.2) is 18.6 Å². The molecule has 0 aliphatic carbocycles. The van der Waals surface area contributed by atoms with Gasteiger partial charge in [0.05, 0.1) is 17.7 Å². The van der Waals surface area contributed by atoms with E-state index in [4.69, 9.17) is 5.73 Å². The molecule has 0 spiro atoms. The van der Waals surface area contributed by atoms with Crippen molar-refractivity contribution >= 4 is 0 Å². The van der Waals surface area contributed by atoms with E-state index in [-0.39, 0.29) is 6.04 Å². The van der Waals surface area contributed by atoms with Crippen LogP contribution in [0.4, 0.5) is 0 Å². The summed E-state index contributed by atoms with van der Waals surface area (Å²) in [4.78, 5) is 4.15. The Morgan fingerprint density at radius 3 is 2.72 bits per heavy atom. The second-order valence-corrected chi connectivity index (χ2v) is 4.80. The van der Waals surface area contributed by atoms with E-state index in [2.05, 4.69) is 32.3 Å². The fourth-order valence-electron chi connectivity index (χ4n) is 2.19. The van der Waals surface area contributed by atoms with E-state index in [1.54, 1.807) is 0 Å². The highest BCUT2D eigenvalue weighted by Crippen LogP contribution is 2.10. The summed E-state index contributed by atoms with van der Waals surface area (Å²) in [6.07, 6.45) is 4.71. The molecule has 2 N–H and O–H groups in total. The minimum Gasteiger partial charge on any atom is -0.333 e. The third kappa shape index (κ3) is 2.79. The lowest BCUT2D eigenvalue weighted by molar-refractivity contribution is 0.503. The van der Waals surface area contributed by atoms with Crippen molar-refractivity contribution in [2.45, 2.75) is 46.3 Å². The van der Waals surface area contributed by atoms with Crippen LogP contribution in [0.3, 0.4) is 0 Å². The molecule has 0 aliphatic rings. The van der Waals surface area contributed by atoms with E-state index in [9.17, 15) is 0 Å². The molecule has 0 aromatic carbocycles. The van der Waals surface area contributed by atoms with Crippen LogP contribution in [0, 0.1) is 13.8 Å². The Labute approximate surface area is 108 Å². The molecule has 2 aromatic heterocycles. The Hall–Kier alpha value is -1.62. The van der Waals surface area contributed by atoms with Crippen molar-refractivity contribution in [1.82, 2.24) is 19.3 Å². The molecular weight excluding hydrogens is 226 g/mol. The molecule has 0 unspecified atom stereocenters. The standard InChI is InChI=1S/C13H21N5/c1-10-7-11(2)18(16-10)6-4-5-17-9-15-8-13(17)12(3)14/h7-9,12H,4-6,14H2,1-3H3/t12-/m0/s1. The number of hydrogen-bond acceptors (Lipinski definition) is 3. The molecule has 0 amide bonds. The maximum Gasteiger partial charge on any atom is 0.0948 e. The van der Waals surface area contributed by atoms with Crippen LogP contribution in [0.1, 0.15) is 36.5 Å². The van der Waals surface area contributed by atoms with Crippen molar-refractivity contribution in [3.05, 3.63) is 35.7 Å². The van der Waals surface area contributed by atoms with Gasteiger partial charge in [-0.15, -0.1) is 0 Å². The summed E-state index contributed by atoms with van der Waals surface area (Å²) in [6, 6.07) is 2.13. The molecule has 0 radical (unpaired) electrons. The second-order valence-electron chi connectivity index (χ2n) is 4.80. The van der Waals surface area contributed by atoms with Crippen LogP contribution in [-0.4, -0.2) is 19.3 Å². The second kappa shape index (κ2) is 5.35. The fourth-order valence-corrected chi connectivity index (χ4v) is 2.19. The van der Waals surface area contributed by atoms with Gasteiger partial charge < -0.3 is 10.3 Å². The molecule has 5 nitrogen and oxygen atoms in total. The Balaban J connectivity index is 1.92. The van der Waals surface area contributed by atoms with Crippen LogP contribution in [-0.2, 0) is 13.1 Å². The Bertz CT molecular complexity index is 509. The third-order valence-corrected chi connectivity index (χ3v) is 3.08. The van der Waals surface area contributed by atoms with Crippen LogP contribution in [0.25, 0.3) is 0 Å². The van der Waals surface area contributed by atoms with E-state index >= 15 is 0 Å². The van der Waals surface area contributed by atoms with E-state index < -0.39 is 0 Å². The zero-order chi connectivity index (χ0) is 13.1. The zero-order valence-electron chi connectivity index (χ0n) is 11.3. The summed E-state index contributed by atoms with van der Waals surface area (Å²) < 4.78 is 4.17. The van der Waals surface area contributed by atoms with Crippen LogP contribution >= 0.6 is 0 Å². The summed E-state index contributed by atoms with van der Waals surface area (Å²) in [5, 5.41) is 4.45. The number of imidazole rings is 1. The molecule has 5 heteroatoms. The average molecular weight is 247 g/mol. The van der Waals surface area contributed by atoms with Gasteiger partial charge in [0.15, 0.2) is 0 Å². The summed E-state index contributed by atoms with van der Waals surface area (Å²) in [6.45, 7) is 7.94. The number of hydrogen-bond donors (Lipinski definition) is 1. The Morgan fingerprint density at radius 1 is 1.33 bits per heavy atom. The summed E-state index contributed by atoms with van der Waals surface area (Å²) in [7, 11) is 0. The van der Waals surface area contributed by atoms with Gasteiger partial charge in [-0.25, -0.2) is 4.98 Å². The predicted octanol–water partition coefficient (Wildman–Crippen LogP) is 1.81. The molecule has 0 aliphatic heterocycles. The lowest BCUT2D eigenvalue weighted by atomic mass is 10.2. The lowest BCUT2D eigenvalue weighted by Crippen LogP contribution is -2.13. The average Bonchev–Trinajstić information content (AvgIpc) is 2.86. The first-order chi connectivity index (χ1) is 8.58. The van der Waals surface area contributed by atoms with E-state index in [0.29, 0.717) is 0 Å². The quantitative estimate of drug-likeness (QED) is 0.876. The number of nitrogens with two attached hydrogens (primary N) is 1. The molecule has 0 saturated heterocycles. The SMILES string of the molecule is Cc1cc(C)n(CCCn2cncc2[C@H](C)N)n1. The molecule has 2 aromatic rings. The van der Waals surface area contributed by atoms with Gasteiger partial charge in [0.2, 0.25) is 0 Å². The van der Waals surface area contributed by atoms with Gasteiger partial charge in [-0.3, -0.25) is 4.68 Å². The Kier molecular flexibility index (Phi) is 3.81. The van der Waals surface area contributed by atoms with Gasteiger partial charge in [0, 0.05) is 31.0 Å². The first kappa shape index (κ1) is 12.8. The minimum absolute atomic E-state index is 0.0289. The number of rotatable bonds is 5. The summed E-state index contributed by atoms with van der Waals surface area (Å²) in [5.41, 5.74) is 9.27. The normalized spacial score (nSPS) is 12.9. The number of aromatic nitrogens is 4. The highest BCUT2D eigenvalue weighted by Gasteiger charge is 2.06. The van der Waals surface area contributed by atoms with Gasteiger partial charge in [-0.2, -0.15) is 5.10 Å². The van der Waals surface area contributed by atoms with Gasteiger partial charge >= 0.3 is 0 Å². The first-order valence-corrected chi connectivity index (χ1v) is 6.34. The maximum absolute atomic E-state index is 5.89.